The van der Waals surface area contributed by atoms with Crippen LogP contribution in [0.2, 0.25) is 0 Å². The Bertz CT molecular complexity index is 866. The van der Waals surface area contributed by atoms with Gasteiger partial charge >= 0.3 is 0 Å². The molecule has 0 aliphatic heterocycles. The Labute approximate surface area is 116 Å². The lowest BCUT2D eigenvalue weighted by Crippen LogP contribution is -2.11. The van der Waals surface area contributed by atoms with Gasteiger partial charge in [0.1, 0.15) is 0 Å². The van der Waals surface area contributed by atoms with E-state index in [4.69, 9.17) is 0 Å². The van der Waals surface area contributed by atoms with E-state index in [2.05, 4.69) is 11.6 Å². The molecule has 0 bridgehead atoms. The number of pyridine rings is 1. The van der Waals surface area contributed by atoms with Gasteiger partial charge in [0.05, 0.1) is 11.3 Å². The molecule has 3 rings (SSSR count). The Hall–Kier alpha value is -2.68. The fraction of sp³-hybridized carbons (Fsp3) is 0.0588. The molecule has 0 fully saturated rings. The molecule has 0 amide bonds. The summed E-state index contributed by atoms with van der Waals surface area (Å²) in [4.78, 5) is 27.4. The lowest BCUT2D eigenvalue weighted by molar-refractivity contribution is 0.103. The van der Waals surface area contributed by atoms with Gasteiger partial charge in [-0.25, -0.2) is 0 Å². The fourth-order valence-electron chi connectivity index (χ4n) is 2.58. The van der Waals surface area contributed by atoms with E-state index in [0.29, 0.717) is 27.6 Å². The number of aromatic nitrogens is 1. The van der Waals surface area contributed by atoms with Crippen molar-refractivity contribution in [1.82, 2.24) is 4.98 Å². The van der Waals surface area contributed by atoms with Crippen LogP contribution in [0.15, 0.2) is 59.4 Å². The minimum Gasteiger partial charge on any atom is -0.321 e. The third-order valence-corrected chi connectivity index (χ3v) is 3.57. The van der Waals surface area contributed by atoms with Gasteiger partial charge in [-0.1, -0.05) is 43.0 Å². The lowest BCUT2D eigenvalue weighted by Gasteiger charge is -2.05. The van der Waals surface area contributed by atoms with Gasteiger partial charge in [-0.2, -0.15) is 0 Å². The zero-order valence-electron chi connectivity index (χ0n) is 11.1. The van der Waals surface area contributed by atoms with Crippen molar-refractivity contribution in [2.75, 3.05) is 0 Å². The number of rotatable bonds is 2. The number of Topliss-reactive ketones (excluding diaryl/α,β-unsaturated/α-hetero) is 1. The number of ketones is 1. The van der Waals surface area contributed by atoms with Crippen molar-refractivity contribution in [1.29, 1.82) is 0 Å². The number of allylic oxidation sites excluding steroid dienone is 5. The quantitative estimate of drug-likeness (QED) is 0.845. The highest BCUT2D eigenvalue weighted by molar-refractivity contribution is 6.26. The van der Waals surface area contributed by atoms with Crippen LogP contribution in [-0.4, -0.2) is 10.8 Å². The normalized spacial score (nSPS) is 14.3. The van der Waals surface area contributed by atoms with Crippen LogP contribution in [0, 0.1) is 0 Å². The second kappa shape index (κ2) is 4.46. The van der Waals surface area contributed by atoms with Gasteiger partial charge in [-0.15, -0.1) is 0 Å². The van der Waals surface area contributed by atoms with Crippen molar-refractivity contribution in [2.24, 2.45) is 0 Å². The third kappa shape index (κ3) is 1.60. The summed E-state index contributed by atoms with van der Waals surface area (Å²) in [7, 11) is 0. The number of hydrogen-bond acceptors (Lipinski definition) is 2. The molecule has 1 N–H and O–H groups in total. The van der Waals surface area contributed by atoms with Crippen molar-refractivity contribution >= 4 is 22.1 Å². The largest absolute Gasteiger partial charge is 0.321 e. The van der Waals surface area contributed by atoms with Crippen LogP contribution >= 0.6 is 0 Å². The van der Waals surface area contributed by atoms with Gasteiger partial charge in [0, 0.05) is 21.9 Å². The van der Waals surface area contributed by atoms with Gasteiger partial charge in [0.2, 0.25) is 0 Å². The number of nitrogens with one attached hydrogen (secondary N) is 1. The van der Waals surface area contributed by atoms with E-state index >= 15 is 0 Å². The Morgan fingerprint density at radius 3 is 2.55 bits per heavy atom. The van der Waals surface area contributed by atoms with Crippen LogP contribution < -0.4 is 5.56 Å². The van der Waals surface area contributed by atoms with E-state index in [1.807, 2.05) is 12.1 Å². The van der Waals surface area contributed by atoms with E-state index < -0.39 is 0 Å². The summed E-state index contributed by atoms with van der Waals surface area (Å²) < 4.78 is 0. The molecule has 1 aliphatic carbocycles. The molecule has 2 aromatic rings. The Morgan fingerprint density at radius 2 is 1.85 bits per heavy atom. The van der Waals surface area contributed by atoms with Crippen LogP contribution in [0.3, 0.4) is 0 Å². The van der Waals surface area contributed by atoms with Crippen LogP contribution in [0.25, 0.3) is 16.3 Å². The van der Waals surface area contributed by atoms with E-state index in [0.717, 1.165) is 5.57 Å². The smallest absolute Gasteiger partial charge is 0.256 e. The van der Waals surface area contributed by atoms with Gasteiger partial charge in [-0.05, 0) is 13.0 Å². The SMILES string of the molecule is C=C/C=C\C1=C(C)C(=O)c2c1[nH]c(=O)c1ccccc21. The van der Waals surface area contributed by atoms with E-state index in [-0.39, 0.29) is 11.3 Å². The summed E-state index contributed by atoms with van der Waals surface area (Å²) in [5.74, 6) is -0.0313. The number of benzene rings is 1. The second-order valence-corrected chi connectivity index (χ2v) is 4.71. The topological polar surface area (TPSA) is 49.9 Å². The predicted molar refractivity (Wildman–Crippen MR) is 80.8 cm³/mol. The summed E-state index contributed by atoms with van der Waals surface area (Å²) in [6.45, 7) is 5.40. The number of H-pyrrole nitrogens is 1. The highest BCUT2D eigenvalue weighted by Crippen LogP contribution is 2.35. The van der Waals surface area contributed by atoms with Crippen molar-refractivity contribution in [3.8, 4) is 0 Å². The minimum atomic E-state index is -0.175. The average Bonchev–Trinajstić information content (AvgIpc) is 2.69. The van der Waals surface area contributed by atoms with Crippen molar-refractivity contribution < 1.29 is 4.79 Å². The molecular formula is C17H13NO2. The lowest BCUT2D eigenvalue weighted by atomic mass is 10.0. The maximum Gasteiger partial charge on any atom is 0.256 e. The molecule has 0 atom stereocenters. The first-order valence-corrected chi connectivity index (χ1v) is 6.35. The number of aromatic amines is 1. The van der Waals surface area contributed by atoms with Gasteiger partial charge < -0.3 is 4.98 Å². The van der Waals surface area contributed by atoms with Crippen molar-refractivity contribution in [2.45, 2.75) is 6.92 Å². The molecule has 1 aromatic heterocycles. The molecule has 3 heteroatoms. The van der Waals surface area contributed by atoms with Crippen LogP contribution in [0.1, 0.15) is 23.0 Å². The van der Waals surface area contributed by atoms with Crippen LogP contribution in [0.5, 0.6) is 0 Å². The second-order valence-electron chi connectivity index (χ2n) is 4.71. The molecule has 1 aromatic carbocycles. The Morgan fingerprint density at radius 1 is 1.15 bits per heavy atom. The predicted octanol–water partition coefficient (Wildman–Crippen LogP) is 3.24. The number of hydrogen-bond donors (Lipinski definition) is 1. The molecule has 20 heavy (non-hydrogen) atoms. The maximum atomic E-state index is 12.5. The van der Waals surface area contributed by atoms with Gasteiger partial charge in [-0.3, -0.25) is 9.59 Å². The summed E-state index contributed by atoms with van der Waals surface area (Å²) in [5, 5.41) is 1.25. The molecule has 1 aliphatic rings. The summed E-state index contributed by atoms with van der Waals surface area (Å²) in [6.07, 6.45) is 5.20. The average molecular weight is 263 g/mol. The zero-order chi connectivity index (χ0) is 14.3. The highest BCUT2D eigenvalue weighted by Gasteiger charge is 2.28. The molecule has 0 radical (unpaired) electrons. The van der Waals surface area contributed by atoms with Crippen molar-refractivity contribution in [3.05, 3.63) is 76.3 Å². The Kier molecular flexibility index (Phi) is 2.75. The molecule has 98 valence electrons. The van der Waals surface area contributed by atoms with Crippen molar-refractivity contribution in [3.63, 3.8) is 0 Å². The first-order valence-electron chi connectivity index (χ1n) is 6.35. The molecule has 0 saturated heterocycles. The van der Waals surface area contributed by atoms with E-state index in [1.165, 1.54) is 0 Å². The number of fused-ring (bicyclic) bond motifs is 3. The third-order valence-electron chi connectivity index (χ3n) is 3.57. The molecule has 0 unspecified atom stereocenters. The zero-order valence-corrected chi connectivity index (χ0v) is 11.1. The maximum absolute atomic E-state index is 12.5. The number of carbonyl (C=O) groups excluding carboxylic acids is 1. The Balaban J connectivity index is 2.41. The van der Waals surface area contributed by atoms with E-state index in [9.17, 15) is 9.59 Å². The van der Waals surface area contributed by atoms with Gasteiger partial charge in [0.15, 0.2) is 5.78 Å². The monoisotopic (exact) mass is 263 g/mol. The molecule has 1 heterocycles. The first-order chi connectivity index (χ1) is 9.65. The summed E-state index contributed by atoms with van der Waals surface area (Å²) in [6, 6.07) is 7.17. The standard InChI is InChI=1S/C17H13NO2/c1-3-4-7-11-10(2)16(19)14-12-8-5-6-9-13(12)17(20)18-15(11)14/h3-9H,1H2,2H3,(H,18,20)/b7-4-. The molecule has 0 spiro atoms. The highest BCUT2D eigenvalue weighted by atomic mass is 16.1. The van der Waals surface area contributed by atoms with Crippen LogP contribution in [0.4, 0.5) is 0 Å². The van der Waals surface area contributed by atoms with E-state index in [1.54, 1.807) is 37.3 Å². The molecule has 0 saturated carbocycles. The minimum absolute atomic E-state index is 0.0313. The fourth-order valence-corrected chi connectivity index (χ4v) is 2.58. The summed E-state index contributed by atoms with van der Waals surface area (Å²) >= 11 is 0. The number of carbonyl (C=O) groups is 1. The molecule has 3 nitrogen and oxygen atoms in total. The first kappa shape index (κ1) is 12.4. The van der Waals surface area contributed by atoms with Gasteiger partial charge in [0.25, 0.3) is 5.56 Å². The summed E-state index contributed by atoms with van der Waals surface area (Å²) in [5.41, 5.74) is 2.42. The van der Waals surface area contributed by atoms with Crippen LogP contribution in [-0.2, 0) is 0 Å². The molecular weight excluding hydrogens is 250 g/mol.